The highest BCUT2D eigenvalue weighted by Crippen LogP contribution is 2.22. The first-order valence-corrected chi connectivity index (χ1v) is 9.84. The van der Waals surface area contributed by atoms with Gasteiger partial charge in [0.05, 0.1) is 11.3 Å². The molecule has 0 radical (unpaired) electrons. The Kier molecular flexibility index (Phi) is 5.11. The van der Waals surface area contributed by atoms with Gasteiger partial charge in [0.1, 0.15) is 6.04 Å². The van der Waals surface area contributed by atoms with Crippen LogP contribution in [0.3, 0.4) is 0 Å². The minimum Gasteiger partial charge on any atom is -0.353 e. The van der Waals surface area contributed by atoms with E-state index in [1.54, 1.807) is 29.8 Å². The molecule has 10 heteroatoms. The van der Waals surface area contributed by atoms with Gasteiger partial charge in [0, 0.05) is 24.7 Å². The average Bonchev–Trinajstić information content (AvgIpc) is 3.10. The first-order valence-electron chi connectivity index (χ1n) is 7.52. The zero-order valence-electron chi connectivity index (χ0n) is 13.1. The molecule has 1 atom stereocenters. The maximum absolute atomic E-state index is 12.8. The number of anilines is 1. The Balaban J connectivity index is 1.81. The van der Waals surface area contributed by atoms with Crippen molar-refractivity contribution in [1.82, 2.24) is 14.6 Å². The number of benzene rings is 1. The van der Waals surface area contributed by atoms with Crippen molar-refractivity contribution in [1.29, 1.82) is 0 Å². The van der Waals surface area contributed by atoms with Gasteiger partial charge in [0.15, 0.2) is 5.13 Å². The Morgan fingerprint density at radius 3 is 2.80 bits per heavy atom. The summed E-state index contributed by atoms with van der Waals surface area (Å²) in [5, 5.41) is 7.29. The molecule has 0 spiro atoms. The zero-order valence-corrected chi connectivity index (χ0v) is 14.7. The van der Waals surface area contributed by atoms with E-state index in [4.69, 9.17) is 0 Å². The van der Waals surface area contributed by atoms with Crippen LogP contribution in [0.1, 0.15) is 6.42 Å². The summed E-state index contributed by atoms with van der Waals surface area (Å²) in [4.78, 5) is 28.4. The smallest absolute Gasteiger partial charge is 0.243 e. The van der Waals surface area contributed by atoms with Crippen LogP contribution in [0.25, 0.3) is 0 Å². The summed E-state index contributed by atoms with van der Waals surface area (Å²) in [5.74, 6) is -0.953. The molecule has 3 rings (SSSR count). The van der Waals surface area contributed by atoms with Gasteiger partial charge in [0.25, 0.3) is 0 Å². The van der Waals surface area contributed by atoms with Crippen LogP contribution in [0.5, 0.6) is 0 Å². The molecule has 2 amide bonds. The predicted octanol–water partition coefficient (Wildman–Crippen LogP) is 0.661. The van der Waals surface area contributed by atoms with Crippen LogP contribution in [0.4, 0.5) is 5.13 Å². The molecule has 1 fully saturated rings. The molecule has 1 aromatic carbocycles. The number of carbonyl (C=O) groups excluding carboxylic acids is 2. The number of thiazole rings is 1. The van der Waals surface area contributed by atoms with E-state index in [1.807, 2.05) is 0 Å². The van der Waals surface area contributed by atoms with Crippen molar-refractivity contribution < 1.29 is 18.0 Å². The number of nitrogens with zero attached hydrogens (tertiary/aromatic N) is 2. The molecule has 0 saturated carbocycles. The highest BCUT2D eigenvalue weighted by molar-refractivity contribution is 7.89. The van der Waals surface area contributed by atoms with Crippen molar-refractivity contribution in [2.45, 2.75) is 17.4 Å². The normalized spacial score (nSPS) is 18.6. The Labute approximate surface area is 148 Å². The SMILES string of the molecule is O=C(CC1C(=O)NCCN1S(=O)(=O)c1ccccc1)Nc1nccs1. The van der Waals surface area contributed by atoms with Gasteiger partial charge in [-0.3, -0.25) is 9.59 Å². The Morgan fingerprint density at radius 2 is 2.12 bits per heavy atom. The molecule has 1 saturated heterocycles. The third kappa shape index (κ3) is 3.86. The Bertz CT molecular complexity index is 853. The molecule has 0 bridgehead atoms. The van der Waals surface area contributed by atoms with Crippen LogP contribution in [-0.2, 0) is 19.6 Å². The second-order valence-electron chi connectivity index (χ2n) is 5.33. The third-order valence-corrected chi connectivity index (χ3v) is 6.30. The van der Waals surface area contributed by atoms with E-state index in [0.29, 0.717) is 5.13 Å². The maximum Gasteiger partial charge on any atom is 0.243 e. The van der Waals surface area contributed by atoms with E-state index in [1.165, 1.54) is 23.5 Å². The van der Waals surface area contributed by atoms with Crippen LogP contribution in [0.15, 0.2) is 46.8 Å². The molecule has 2 N–H and O–H groups in total. The van der Waals surface area contributed by atoms with Crippen molar-refractivity contribution in [3.63, 3.8) is 0 Å². The number of carbonyl (C=O) groups is 2. The number of aromatic nitrogens is 1. The lowest BCUT2D eigenvalue weighted by Gasteiger charge is -2.33. The number of nitrogens with one attached hydrogen (secondary N) is 2. The summed E-state index contributed by atoms with van der Waals surface area (Å²) in [6.07, 6.45) is 1.26. The fraction of sp³-hybridized carbons (Fsp3) is 0.267. The van der Waals surface area contributed by atoms with E-state index in [0.717, 1.165) is 4.31 Å². The first kappa shape index (κ1) is 17.5. The molecule has 2 aromatic rings. The second kappa shape index (κ2) is 7.30. The molecular weight excluding hydrogens is 364 g/mol. The molecule has 132 valence electrons. The Hall–Kier alpha value is -2.30. The van der Waals surface area contributed by atoms with E-state index < -0.39 is 27.9 Å². The minimum atomic E-state index is -3.87. The highest BCUT2D eigenvalue weighted by atomic mass is 32.2. The topological polar surface area (TPSA) is 108 Å². The minimum absolute atomic E-state index is 0.0926. The molecule has 1 aliphatic rings. The van der Waals surface area contributed by atoms with E-state index >= 15 is 0 Å². The lowest BCUT2D eigenvalue weighted by atomic mass is 10.1. The van der Waals surface area contributed by atoms with Crippen LogP contribution in [0.2, 0.25) is 0 Å². The summed E-state index contributed by atoms with van der Waals surface area (Å²) in [7, 11) is -3.87. The van der Waals surface area contributed by atoms with Crippen LogP contribution < -0.4 is 10.6 Å². The van der Waals surface area contributed by atoms with Crippen LogP contribution in [0, 0.1) is 0 Å². The number of piperazine rings is 1. The highest BCUT2D eigenvalue weighted by Gasteiger charge is 2.39. The van der Waals surface area contributed by atoms with Gasteiger partial charge in [-0.25, -0.2) is 13.4 Å². The van der Waals surface area contributed by atoms with Gasteiger partial charge < -0.3 is 10.6 Å². The summed E-state index contributed by atoms with van der Waals surface area (Å²) in [5.41, 5.74) is 0. The van der Waals surface area contributed by atoms with Crippen LogP contribution in [-0.4, -0.2) is 48.7 Å². The van der Waals surface area contributed by atoms with Gasteiger partial charge in [0.2, 0.25) is 21.8 Å². The number of hydrogen-bond acceptors (Lipinski definition) is 6. The lowest BCUT2D eigenvalue weighted by Crippen LogP contribution is -2.57. The van der Waals surface area contributed by atoms with Gasteiger partial charge in [-0.15, -0.1) is 11.3 Å². The maximum atomic E-state index is 12.8. The van der Waals surface area contributed by atoms with Gasteiger partial charge >= 0.3 is 0 Å². The van der Waals surface area contributed by atoms with Crippen molar-refractivity contribution in [2.24, 2.45) is 0 Å². The quantitative estimate of drug-likeness (QED) is 0.792. The van der Waals surface area contributed by atoms with Crippen LogP contribution >= 0.6 is 11.3 Å². The van der Waals surface area contributed by atoms with Gasteiger partial charge in [-0.2, -0.15) is 4.31 Å². The number of sulfonamides is 1. The molecular formula is C15H16N4O4S2. The molecule has 8 nitrogen and oxygen atoms in total. The summed E-state index contributed by atoms with van der Waals surface area (Å²) >= 11 is 1.24. The predicted molar refractivity (Wildman–Crippen MR) is 92.5 cm³/mol. The molecule has 1 aliphatic heterocycles. The molecule has 2 heterocycles. The zero-order chi connectivity index (χ0) is 17.9. The molecule has 0 aliphatic carbocycles. The van der Waals surface area contributed by atoms with Crippen molar-refractivity contribution >= 4 is 38.3 Å². The molecule has 25 heavy (non-hydrogen) atoms. The fourth-order valence-corrected chi connectivity index (χ4v) is 4.69. The lowest BCUT2D eigenvalue weighted by molar-refractivity contribution is -0.130. The third-order valence-electron chi connectivity index (χ3n) is 3.69. The largest absolute Gasteiger partial charge is 0.353 e. The van der Waals surface area contributed by atoms with Crippen molar-refractivity contribution in [3.8, 4) is 0 Å². The van der Waals surface area contributed by atoms with Gasteiger partial charge in [-0.05, 0) is 12.1 Å². The number of hydrogen-bond donors (Lipinski definition) is 2. The van der Waals surface area contributed by atoms with E-state index in [9.17, 15) is 18.0 Å². The second-order valence-corrected chi connectivity index (χ2v) is 8.11. The average molecular weight is 380 g/mol. The van der Waals surface area contributed by atoms with Crippen molar-refractivity contribution in [3.05, 3.63) is 41.9 Å². The number of amides is 2. The number of rotatable bonds is 5. The van der Waals surface area contributed by atoms with Gasteiger partial charge in [-0.1, -0.05) is 18.2 Å². The Morgan fingerprint density at radius 1 is 1.36 bits per heavy atom. The molecule has 1 unspecified atom stereocenters. The first-order chi connectivity index (χ1) is 12.0. The fourth-order valence-electron chi connectivity index (χ4n) is 2.53. The summed E-state index contributed by atoms with van der Waals surface area (Å²) in [6.45, 7) is 0.313. The standard InChI is InChI=1S/C15H16N4O4S2/c20-13(18-15-17-7-9-24-15)10-12-14(21)16-6-8-19(12)25(22,23)11-4-2-1-3-5-11/h1-5,7,9,12H,6,8,10H2,(H,16,21)(H,17,18,20). The van der Waals surface area contributed by atoms with E-state index in [2.05, 4.69) is 15.6 Å². The summed E-state index contributed by atoms with van der Waals surface area (Å²) < 4.78 is 26.8. The monoisotopic (exact) mass is 380 g/mol. The van der Waals surface area contributed by atoms with E-state index in [-0.39, 0.29) is 24.4 Å². The molecule has 1 aromatic heterocycles. The van der Waals surface area contributed by atoms with Crippen molar-refractivity contribution in [2.75, 3.05) is 18.4 Å². The summed E-state index contributed by atoms with van der Waals surface area (Å²) in [6, 6.07) is 6.77.